The van der Waals surface area contributed by atoms with Crippen molar-refractivity contribution in [1.82, 2.24) is 5.43 Å². The van der Waals surface area contributed by atoms with Gasteiger partial charge in [0.1, 0.15) is 0 Å². The third-order valence-corrected chi connectivity index (χ3v) is 2.97. The van der Waals surface area contributed by atoms with Gasteiger partial charge in [-0.05, 0) is 19.3 Å². The van der Waals surface area contributed by atoms with Gasteiger partial charge in [0.2, 0.25) is 11.9 Å². The molecule has 0 aromatic rings. The number of nitrogens with two attached hydrogens (primary N) is 2. The largest absolute Gasteiger partial charge is 0.368 e. The maximum atomic E-state index is 11.6. The minimum atomic E-state index is -0.400. The molecule has 0 bridgehead atoms. The maximum Gasteiger partial charge on any atom is 0.257 e. The van der Waals surface area contributed by atoms with Crippen molar-refractivity contribution in [1.29, 1.82) is 0 Å². The smallest absolute Gasteiger partial charge is 0.257 e. The van der Waals surface area contributed by atoms with E-state index in [4.69, 9.17) is 11.6 Å². The summed E-state index contributed by atoms with van der Waals surface area (Å²) in [7, 11) is 0. The molecular weight excluding hydrogens is 210 g/mol. The van der Waals surface area contributed by atoms with Gasteiger partial charge in [-0.2, -0.15) is 4.99 Å². The number of carbonyl (C=O) groups excluding carboxylic acids is 2. The monoisotopic (exact) mass is 223 g/mol. The van der Waals surface area contributed by atoms with Crippen molar-refractivity contribution in [2.45, 2.75) is 19.3 Å². The maximum absolute atomic E-state index is 11.6. The lowest BCUT2D eigenvalue weighted by atomic mass is 9.78. The first kappa shape index (κ1) is 10.7. The zero-order valence-corrected chi connectivity index (χ0v) is 8.64. The SMILES string of the molecule is NNC(=O)C1CCC2=NC(N)=NC(=O)C2C1. The Balaban J connectivity index is 2.15. The zero-order valence-electron chi connectivity index (χ0n) is 8.64. The van der Waals surface area contributed by atoms with Crippen molar-refractivity contribution in [2.75, 3.05) is 0 Å². The summed E-state index contributed by atoms with van der Waals surface area (Å²) >= 11 is 0. The predicted molar refractivity (Wildman–Crippen MR) is 57.2 cm³/mol. The van der Waals surface area contributed by atoms with Gasteiger partial charge in [-0.1, -0.05) is 0 Å². The van der Waals surface area contributed by atoms with E-state index < -0.39 is 5.92 Å². The summed E-state index contributed by atoms with van der Waals surface area (Å²) in [6.07, 6.45) is 1.64. The highest BCUT2D eigenvalue weighted by atomic mass is 16.2. The zero-order chi connectivity index (χ0) is 11.7. The van der Waals surface area contributed by atoms with Crippen LogP contribution in [-0.4, -0.2) is 23.5 Å². The van der Waals surface area contributed by atoms with Crippen molar-refractivity contribution in [3.63, 3.8) is 0 Å². The van der Waals surface area contributed by atoms with Crippen LogP contribution in [0.1, 0.15) is 19.3 Å². The normalized spacial score (nSPS) is 28.9. The summed E-state index contributed by atoms with van der Waals surface area (Å²) in [5.74, 6) is 3.88. The molecule has 0 radical (unpaired) electrons. The van der Waals surface area contributed by atoms with Crippen LogP contribution in [-0.2, 0) is 9.59 Å². The third-order valence-electron chi connectivity index (χ3n) is 2.97. The molecule has 2 unspecified atom stereocenters. The van der Waals surface area contributed by atoms with Crippen LogP contribution in [0.15, 0.2) is 9.98 Å². The van der Waals surface area contributed by atoms with Gasteiger partial charge in [-0.25, -0.2) is 10.8 Å². The van der Waals surface area contributed by atoms with E-state index in [0.29, 0.717) is 19.3 Å². The molecule has 1 aliphatic heterocycles. The molecule has 0 aromatic carbocycles. The minimum Gasteiger partial charge on any atom is -0.368 e. The van der Waals surface area contributed by atoms with Gasteiger partial charge in [-0.15, -0.1) is 0 Å². The van der Waals surface area contributed by atoms with Crippen LogP contribution in [0.4, 0.5) is 0 Å². The summed E-state index contributed by atoms with van der Waals surface area (Å²) < 4.78 is 0. The Hall–Kier alpha value is -1.76. The van der Waals surface area contributed by atoms with Gasteiger partial charge in [-0.3, -0.25) is 15.0 Å². The van der Waals surface area contributed by atoms with Gasteiger partial charge in [0.05, 0.1) is 5.92 Å². The second-order valence-corrected chi connectivity index (χ2v) is 3.94. The van der Waals surface area contributed by atoms with Crippen molar-refractivity contribution in [3.05, 3.63) is 0 Å². The van der Waals surface area contributed by atoms with Gasteiger partial charge < -0.3 is 5.73 Å². The van der Waals surface area contributed by atoms with Crippen LogP contribution in [0.25, 0.3) is 0 Å². The molecule has 1 fully saturated rings. The standard InChI is InChI=1S/C9H13N5O2/c10-9-12-6-2-1-4(7(15)14-11)3-5(6)8(16)13-9/h4-5H,1-3,11H2,(H,14,15)(H2,10,13,16). The number of amides is 2. The van der Waals surface area contributed by atoms with Crippen LogP contribution in [0.2, 0.25) is 0 Å². The summed E-state index contributed by atoms with van der Waals surface area (Å²) in [6, 6.07) is 0. The second-order valence-electron chi connectivity index (χ2n) is 3.94. The number of aliphatic imine (C=N–C) groups is 2. The van der Waals surface area contributed by atoms with Crippen molar-refractivity contribution in [2.24, 2.45) is 33.4 Å². The van der Waals surface area contributed by atoms with E-state index in [1.165, 1.54) is 0 Å². The van der Waals surface area contributed by atoms with Crippen LogP contribution in [0.5, 0.6) is 0 Å². The molecule has 2 aliphatic rings. The van der Waals surface area contributed by atoms with E-state index >= 15 is 0 Å². The summed E-state index contributed by atoms with van der Waals surface area (Å²) in [5.41, 5.74) is 8.23. The van der Waals surface area contributed by atoms with E-state index in [1.807, 2.05) is 0 Å². The Morgan fingerprint density at radius 2 is 2.19 bits per heavy atom. The molecule has 1 saturated carbocycles. The molecule has 2 rings (SSSR count). The number of hydrazine groups is 1. The molecule has 5 N–H and O–H groups in total. The number of carbonyl (C=O) groups is 2. The fourth-order valence-electron chi connectivity index (χ4n) is 2.13. The van der Waals surface area contributed by atoms with Crippen LogP contribution in [0.3, 0.4) is 0 Å². The van der Waals surface area contributed by atoms with Crippen LogP contribution in [0, 0.1) is 11.8 Å². The van der Waals surface area contributed by atoms with E-state index in [2.05, 4.69) is 15.4 Å². The molecule has 86 valence electrons. The highest BCUT2D eigenvalue weighted by Gasteiger charge is 2.37. The quantitative estimate of drug-likeness (QED) is 0.290. The Morgan fingerprint density at radius 3 is 2.88 bits per heavy atom. The average Bonchev–Trinajstić information content (AvgIpc) is 2.27. The molecule has 0 aromatic heterocycles. The molecule has 0 saturated heterocycles. The molecular formula is C9H13N5O2. The lowest BCUT2D eigenvalue weighted by Crippen LogP contribution is -2.43. The minimum absolute atomic E-state index is 0.0120. The van der Waals surface area contributed by atoms with E-state index in [9.17, 15) is 9.59 Å². The first-order valence-electron chi connectivity index (χ1n) is 5.07. The average molecular weight is 223 g/mol. The summed E-state index contributed by atoms with van der Waals surface area (Å²) in [5, 5.41) is 0. The number of hydrogen-bond donors (Lipinski definition) is 3. The Bertz CT molecular complexity index is 401. The van der Waals surface area contributed by atoms with Crippen LogP contribution >= 0.6 is 0 Å². The van der Waals surface area contributed by atoms with E-state index in [0.717, 1.165) is 5.71 Å². The van der Waals surface area contributed by atoms with Gasteiger partial charge >= 0.3 is 0 Å². The number of rotatable bonds is 1. The Morgan fingerprint density at radius 1 is 1.44 bits per heavy atom. The fourth-order valence-corrected chi connectivity index (χ4v) is 2.13. The molecule has 16 heavy (non-hydrogen) atoms. The van der Waals surface area contributed by atoms with Crippen molar-refractivity contribution in [3.8, 4) is 0 Å². The first-order valence-corrected chi connectivity index (χ1v) is 5.07. The topological polar surface area (TPSA) is 123 Å². The number of hydrogen-bond acceptors (Lipinski definition) is 5. The molecule has 7 nitrogen and oxygen atoms in total. The van der Waals surface area contributed by atoms with Crippen LogP contribution < -0.4 is 17.0 Å². The second kappa shape index (κ2) is 4.01. The molecule has 7 heteroatoms. The molecule has 1 aliphatic carbocycles. The molecule has 1 heterocycles. The van der Waals surface area contributed by atoms with Crippen molar-refractivity contribution >= 4 is 23.5 Å². The predicted octanol–water partition coefficient (Wildman–Crippen LogP) is -1.31. The number of nitrogens with one attached hydrogen (secondary N) is 1. The lowest BCUT2D eigenvalue weighted by molar-refractivity contribution is -0.126. The summed E-state index contributed by atoms with van der Waals surface area (Å²) in [6.45, 7) is 0. The van der Waals surface area contributed by atoms with Gasteiger partial charge in [0, 0.05) is 11.6 Å². The highest BCUT2D eigenvalue weighted by Crippen LogP contribution is 2.29. The molecule has 0 spiro atoms. The highest BCUT2D eigenvalue weighted by molar-refractivity contribution is 6.15. The third kappa shape index (κ3) is 1.81. The van der Waals surface area contributed by atoms with Gasteiger partial charge in [0.15, 0.2) is 0 Å². The van der Waals surface area contributed by atoms with Gasteiger partial charge in [0.25, 0.3) is 5.91 Å². The van der Waals surface area contributed by atoms with E-state index in [1.54, 1.807) is 0 Å². The first-order chi connectivity index (χ1) is 7.61. The molecule has 2 amide bonds. The van der Waals surface area contributed by atoms with Crippen molar-refractivity contribution < 1.29 is 9.59 Å². The number of fused-ring (bicyclic) bond motifs is 1. The lowest BCUT2D eigenvalue weighted by Gasteiger charge is -2.28. The Labute approximate surface area is 92.0 Å². The number of nitrogens with zero attached hydrogens (tertiary/aromatic N) is 2. The molecule has 2 atom stereocenters. The number of guanidine groups is 1. The Kier molecular flexibility index (Phi) is 2.69. The summed E-state index contributed by atoms with van der Waals surface area (Å²) in [4.78, 5) is 30.6. The fraction of sp³-hybridized carbons (Fsp3) is 0.556. The van der Waals surface area contributed by atoms with E-state index in [-0.39, 0.29) is 23.7 Å².